The van der Waals surface area contributed by atoms with E-state index in [1.165, 1.54) is 16.7 Å². The van der Waals surface area contributed by atoms with E-state index >= 15 is 0 Å². The smallest absolute Gasteiger partial charge is 0.191 e. The molecule has 0 bridgehead atoms. The topological polar surface area (TPSA) is 48.9 Å². The summed E-state index contributed by atoms with van der Waals surface area (Å²) in [4.78, 5) is 6.84. The molecule has 1 fully saturated rings. The summed E-state index contributed by atoms with van der Waals surface area (Å²) in [5, 5.41) is 6.77. The van der Waals surface area contributed by atoms with Crippen LogP contribution in [0.5, 0.6) is 0 Å². The maximum atomic E-state index is 6.12. The van der Waals surface area contributed by atoms with Crippen molar-refractivity contribution >= 4 is 5.96 Å². The Labute approximate surface area is 181 Å². The van der Waals surface area contributed by atoms with Gasteiger partial charge in [0.25, 0.3) is 0 Å². The van der Waals surface area contributed by atoms with Gasteiger partial charge in [-0.3, -0.25) is 9.89 Å². The van der Waals surface area contributed by atoms with Gasteiger partial charge in [0.15, 0.2) is 5.96 Å². The van der Waals surface area contributed by atoms with Crippen LogP contribution in [0.3, 0.4) is 0 Å². The Morgan fingerprint density at radius 1 is 1.03 bits per heavy atom. The molecule has 3 rings (SSSR count). The van der Waals surface area contributed by atoms with Gasteiger partial charge in [-0.1, -0.05) is 54.6 Å². The van der Waals surface area contributed by atoms with Crippen LogP contribution in [0, 0.1) is 6.92 Å². The predicted molar refractivity (Wildman–Crippen MR) is 125 cm³/mol. The van der Waals surface area contributed by atoms with Gasteiger partial charge < -0.3 is 15.4 Å². The Morgan fingerprint density at radius 3 is 2.50 bits per heavy atom. The standard InChI is InChI=1S/C25H36N4O/c1-21-9-6-7-12-23(21)19-28-25(26-2)27-15-8-18-30-24-13-16-29(17-14-24)20-22-10-4-3-5-11-22/h3-7,9-12,24H,8,13-20H2,1-2H3,(H2,26,27,28). The van der Waals surface area contributed by atoms with Gasteiger partial charge in [-0.15, -0.1) is 0 Å². The first-order valence-electron chi connectivity index (χ1n) is 11.1. The molecule has 1 aliphatic rings. The fourth-order valence-corrected chi connectivity index (χ4v) is 3.81. The highest BCUT2D eigenvalue weighted by Gasteiger charge is 2.19. The van der Waals surface area contributed by atoms with Crippen molar-refractivity contribution in [2.24, 2.45) is 4.99 Å². The van der Waals surface area contributed by atoms with E-state index in [9.17, 15) is 0 Å². The largest absolute Gasteiger partial charge is 0.378 e. The molecule has 0 aromatic heterocycles. The van der Waals surface area contributed by atoms with E-state index in [0.29, 0.717) is 6.10 Å². The normalized spacial score (nSPS) is 15.9. The molecule has 162 valence electrons. The first-order valence-corrected chi connectivity index (χ1v) is 11.1. The number of hydrogen-bond acceptors (Lipinski definition) is 3. The summed E-state index contributed by atoms with van der Waals surface area (Å²) in [6.07, 6.45) is 3.63. The van der Waals surface area contributed by atoms with Crippen molar-refractivity contribution < 1.29 is 4.74 Å². The zero-order valence-electron chi connectivity index (χ0n) is 18.4. The molecule has 0 aliphatic carbocycles. The molecule has 1 saturated heterocycles. The van der Waals surface area contributed by atoms with Crippen molar-refractivity contribution in [3.8, 4) is 0 Å². The molecule has 2 N–H and O–H groups in total. The molecule has 30 heavy (non-hydrogen) atoms. The maximum absolute atomic E-state index is 6.12. The molecule has 5 nitrogen and oxygen atoms in total. The third kappa shape index (κ3) is 7.47. The minimum atomic E-state index is 0.399. The van der Waals surface area contributed by atoms with Crippen molar-refractivity contribution in [3.05, 3.63) is 71.3 Å². The van der Waals surface area contributed by atoms with E-state index in [0.717, 1.165) is 64.6 Å². The van der Waals surface area contributed by atoms with Crippen LogP contribution in [0.2, 0.25) is 0 Å². The molecule has 5 heteroatoms. The zero-order chi connectivity index (χ0) is 21.0. The second kappa shape index (κ2) is 12.4. The van der Waals surface area contributed by atoms with Crippen LogP contribution >= 0.6 is 0 Å². The fraction of sp³-hybridized carbons (Fsp3) is 0.480. The Morgan fingerprint density at radius 2 is 1.77 bits per heavy atom. The minimum Gasteiger partial charge on any atom is -0.378 e. The fourth-order valence-electron chi connectivity index (χ4n) is 3.81. The second-order valence-electron chi connectivity index (χ2n) is 7.96. The highest BCUT2D eigenvalue weighted by Crippen LogP contribution is 2.16. The second-order valence-corrected chi connectivity index (χ2v) is 7.96. The van der Waals surface area contributed by atoms with Gasteiger partial charge in [0.2, 0.25) is 0 Å². The molecular formula is C25H36N4O. The monoisotopic (exact) mass is 408 g/mol. The third-order valence-corrected chi connectivity index (χ3v) is 5.68. The lowest BCUT2D eigenvalue weighted by Crippen LogP contribution is -2.38. The average molecular weight is 409 g/mol. The van der Waals surface area contributed by atoms with Gasteiger partial charge in [-0.25, -0.2) is 0 Å². The van der Waals surface area contributed by atoms with E-state index in [2.05, 4.69) is 82.0 Å². The molecule has 0 amide bonds. The molecule has 0 radical (unpaired) electrons. The first kappa shape index (κ1) is 22.3. The van der Waals surface area contributed by atoms with Crippen LogP contribution in [0.25, 0.3) is 0 Å². The van der Waals surface area contributed by atoms with Crippen molar-refractivity contribution in [2.75, 3.05) is 33.3 Å². The van der Waals surface area contributed by atoms with Crippen molar-refractivity contribution in [3.63, 3.8) is 0 Å². The average Bonchev–Trinajstić information content (AvgIpc) is 2.78. The number of aliphatic imine (C=N–C) groups is 1. The van der Waals surface area contributed by atoms with Crippen LogP contribution in [-0.2, 0) is 17.8 Å². The molecule has 0 saturated carbocycles. The summed E-state index contributed by atoms with van der Waals surface area (Å²) in [7, 11) is 1.81. The summed E-state index contributed by atoms with van der Waals surface area (Å²) in [6.45, 7) is 7.86. The predicted octanol–water partition coefficient (Wildman–Crippen LogP) is 3.73. The number of benzene rings is 2. The van der Waals surface area contributed by atoms with Crippen LogP contribution in [0.4, 0.5) is 0 Å². The van der Waals surface area contributed by atoms with Crippen LogP contribution in [-0.4, -0.2) is 50.3 Å². The van der Waals surface area contributed by atoms with Crippen LogP contribution in [0.15, 0.2) is 59.6 Å². The summed E-state index contributed by atoms with van der Waals surface area (Å²) in [5.41, 5.74) is 3.98. The number of ether oxygens (including phenoxy) is 1. The molecule has 2 aromatic carbocycles. The lowest BCUT2D eigenvalue weighted by Gasteiger charge is -2.32. The highest BCUT2D eigenvalue weighted by atomic mass is 16.5. The zero-order valence-corrected chi connectivity index (χ0v) is 18.4. The first-order chi connectivity index (χ1) is 14.7. The van der Waals surface area contributed by atoms with Gasteiger partial charge in [-0.05, 0) is 42.9 Å². The molecular weight excluding hydrogens is 372 g/mol. The Hall–Kier alpha value is -2.37. The summed E-state index contributed by atoms with van der Waals surface area (Å²) < 4.78 is 6.12. The number of aryl methyl sites for hydroxylation is 1. The summed E-state index contributed by atoms with van der Waals surface area (Å²) >= 11 is 0. The van der Waals surface area contributed by atoms with Crippen LogP contribution < -0.4 is 10.6 Å². The molecule has 2 aromatic rings. The van der Waals surface area contributed by atoms with E-state index < -0.39 is 0 Å². The summed E-state index contributed by atoms with van der Waals surface area (Å²) in [5.74, 6) is 0.840. The molecule has 1 aliphatic heterocycles. The van der Waals surface area contributed by atoms with Gasteiger partial charge >= 0.3 is 0 Å². The number of likely N-dealkylation sites (tertiary alicyclic amines) is 1. The Balaban J connectivity index is 1.25. The molecule has 0 atom stereocenters. The van der Waals surface area contributed by atoms with Gasteiger partial charge in [0, 0.05) is 46.4 Å². The quantitative estimate of drug-likeness (QED) is 0.377. The Kier molecular flexibility index (Phi) is 9.19. The lowest BCUT2D eigenvalue weighted by atomic mass is 10.1. The number of piperidine rings is 1. The van der Waals surface area contributed by atoms with E-state index in [1.807, 2.05) is 7.05 Å². The van der Waals surface area contributed by atoms with Gasteiger partial charge in [0.1, 0.15) is 0 Å². The SMILES string of the molecule is CN=C(NCCCOC1CCN(Cc2ccccc2)CC1)NCc1ccccc1C. The molecule has 1 heterocycles. The van der Waals surface area contributed by atoms with E-state index in [4.69, 9.17) is 4.74 Å². The van der Waals surface area contributed by atoms with E-state index in [-0.39, 0.29) is 0 Å². The van der Waals surface area contributed by atoms with Crippen molar-refractivity contribution in [2.45, 2.75) is 45.4 Å². The number of rotatable bonds is 9. The minimum absolute atomic E-state index is 0.399. The lowest BCUT2D eigenvalue weighted by molar-refractivity contribution is 0.00534. The number of nitrogens with zero attached hydrogens (tertiary/aromatic N) is 2. The van der Waals surface area contributed by atoms with Crippen LogP contribution in [0.1, 0.15) is 36.0 Å². The summed E-state index contributed by atoms with van der Waals surface area (Å²) in [6, 6.07) is 19.2. The number of hydrogen-bond donors (Lipinski definition) is 2. The van der Waals surface area contributed by atoms with Crippen molar-refractivity contribution in [1.82, 2.24) is 15.5 Å². The van der Waals surface area contributed by atoms with Gasteiger partial charge in [0.05, 0.1) is 6.10 Å². The molecule has 0 spiro atoms. The number of guanidine groups is 1. The maximum Gasteiger partial charge on any atom is 0.191 e. The highest BCUT2D eigenvalue weighted by molar-refractivity contribution is 5.79. The number of nitrogens with one attached hydrogen (secondary N) is 2. The van der Waals surface area contributed by atoms with Crippen molar-refractivity contribution in [1.29, 1.82) is 0 Å². The van der Waals surface area contributed by atoms with Gasteiger partial charge in [-0.2, -0.15) is 0 Å². The Bertz CT molecular complexity index is 770. The third-order valence-electron chi connectivity index (χ3n) is 5.68. The molecule has 0 unspecified atom stereocenters. The van der Waals surface area contributed by atoms with E-state index in [1.54, 1.807) is 0 Å².